The first kappa shape index (κ1) is 13.2. The second kappa shape index (κ2) is 5.63. The lowest BCUT2D eigenvalue weighted by atomic mass is 10.1. The van der Waals surface area contributed by atoms with Crippen LogP contribution in [0.4, 0.5) is 4.39 Å². The smallest absolute Gasteiger partial charge is 0.168 e. The van der Waals surface area contributed by atoms with Gasteiger partial charge in [-0.05, 0) is 34.1 Å². The van der Waals surface area contributed by atoms with Gasteiger partial charge in [-0.1, -0.05) is 19.0 Å². The largest absolute Gasteiger partial charge is 0.356 e. The van der Waals surface area contributed by atoms with Crippen molar-refractivity contribution < 1.29 is 8.91 Å². The van der Waals surface area contributed by atoms with Crippen LogP contribution in [0, 0.1) is 5.82 Å². The first-order valence-electron chi connectivity index (χ1n) is 5.70. The lowest BCUT2D eigenvalue weighted by Crippen LogP contribution is -2.21. The molecule has 0 fully saturated rings. The summed E-state index contributed by atoms with van der Waals surface area (Å²) in [5, 5.41) is 7.23. The van der Waals surface area contributed by atoms with Gasteiger partial charge in [-0.3, -0.25) is 0 Å². The first-order valence-corrected chi connectivity index (χ1v) is 6.50. The lowest BCUT2D eigenvalue weighted by molar-refractivity contribution is 0.417. The van der Waals surface area contributed by atoms with Gasteiger partial charge in [-0.2, -0.15) is 0 Å². The maximum atomic E-state index is 13.0. The van der Waals surface area contributed by atoms with E-state index in [-0.39, 0.29) is 5.82 Å². The molecule has 2 rings (SSSR count). The van der Waals surface area contributed by atoms with Crippen molar-refractivity contribution in [3.63, 3.8) is 0 Å². The second-order valence-corrected chi connectivity index (χ2v) is 5.20. The van der Waals surface area contributed by atoms with Gasteiger partial charge in [-0.15, -0.1) is 0 Å². The molecule has 3 nitrogen and oxygen atoms in total. The summed E-state index contributed by atoms with van der Waals surface area (Å²) in [6.07, 6.45) is 0. The van der Waals surface area contributed by atoms with E-state index in [0.717, 1.165) is 11.3 Å². The molecule has 1 heterocycles. The quantitative estimate of drug-likeness (QED) is 0.934. The van der Waals surface area contributed by atoms with E-state index in [2.05, 4.69) is 40.3 Å². The average molecular weight is 313 g/mol. The van der Waals surface area contributed by atoms with Crippen LogP contribution >= 0.6 is 15.9 Å². The van der Waals surface area contributed by atoms with E-state index >= 15 is 0 Å². The number of hydrogen-bond acceptors (Lipinski definition) is 3. The van der Waals surface area contributed by atoms with Gasteiger partial charge in [0, 0.05) is 28.7 Å². The van der Waals surface area contributed by atoms with Crippen molar-refractivity contribution in [1.82, 2.24) is 10.5 Å². The molecule has 0 aliphatic carbocycles. The van der Waals surface area contributed by atoms with Gasteiger partial charge in [0.05, 0.1) is 5.69 Å². The van der Waals surface area contributed by atoms with E-state index in [1.165, 1.54) is 12.1 Å². The minimum atomic E-state index is -0.285. The zero-order valence-electron chi connectivity index (χ0n) is 10.2. The van der Waals surface area contributed by atoms with E-state index < -0.39 is 0 Å². The fourth-order valence-corrected chi connectivity index (χ4v) is 2.07. The average Bonchev–Trinajstić information content (AvgIpc) is 2.75. The molecule has 5 heteroatoms. The highest BCUT2D eigenvalue weighted by Crippen LogP contribution is 2.29. The predicted octanol–water partition coefficient (Wildman–Crippen LogP) is 3.74. The Kier molecular flexibility index (Phi) is 4.14. The molecule has 18 heavy (non-hydrogen) atoms. The van der Waals surface area contributed by atoms with Crippen LogP contribution in [0.2, 0.25) is 0 Å². The maximum Gasteiger partial charge on any atom is 0.168 e. The molecule has 1 aromatic carbocycles. The predicted molar refractivity (Wildman–Crippen MR) is 71.6 cm³/mol. The van der Waals surface area contributed by atoms with Crippen LogP contribution in [-0.4, -0.2) is 11.2 Å². The third-order valence-electron chi connectivity index (χ3n) is 2.45. The number of nitrogens with one attached hydrogen (secondary N) is 1. The summed E-state index contributed by atoms with van der Waals surface area (Å²) in [4.78, 5) is 0. The molecule has 0 saturated heterocycles. The number of rotatable bonds is 4. The number of benzene rings is 1. The van der Waals surface area contributed by atoms with Crippen LogP contribution in [0.3, 0.4) is 0 Å². The molecule has 0 amide bonds. The maximum absolute atomic E-state index is 13.0. The summed E-state index contributed by atoms with van der Waals surface area (Å²) >= 11 is 3.31. The van der Waals surface area contributed by atoms with Crippen LogP contribution in [0.25, 0.3) is 11.3 Å². The van der Waals surface area contributed by atoms with E-state index in [1.807, 2.05) is 6.07 Å². The van der Waals surface area contributed by atoms with Crippen LogP contribution in [-0.2, 0) is 6.54 Å². The Bertz CT molecular complexity index is 540. The minimum absolute atomic E-state index is 0.285. The Hall–Kier alpha value is -1.20. The number of aromatic nitrogens is 1. The molecule has 1 aromatic heterocycles. The highest BCUT2D eigenvalue weighted by Gasteiger charge is 2.10. The van der Waals surface area contributed by atoms with Crippen LogP contribution in [0.15, 0.2) is 33.3 Å². The van der Waals surface area contributed by atoms with Crippen molar-refractivity contribution in [1.29, 1.82) is 0 Å². The van der Waals surface area contributed by atoms with Crippen molar-refractivity contribution >= 4 is 15.9 Å². The molecule has 0 spiro atoms. The lowest BCUT2D eigenvalue weighted by Gasteiger charge is -2.03. The molecule has 0 atom stereocenters. The summed E-state index contributed by atoms with van der Waals surface area (Å²) in [5.41, 5.74) is 1.62. The van der Waals surface area contributed by atoms with Crippen LogP contribution in [0.1, 0.15) is 19.5 Å². The summed E-state index contributed by atoms with van der Waals surface area (Å²) in [6.45, 7) is 4.79. The zero-order valence-corrected chi connectivity index (χ0v) is 11.8. The highest BCUT2D eigenvalue weighted by molar-refractivity contribution is 9.10. The summed E-state index contributed by atoms with van der Waals surface area (Å²) in [7, 11) is 0. The number of nitrogens with zero attached hydrogens (tertiary/aromatic N) is 1. The van der Waals surface area contributed by atoms with Gasteiger partial charge in [-0.25, -0.2) is 4.39 Å². The molecule has 96 valence electrons. The monoisotopic (exact) mass is 312 g/mol. The Balaban J connectivity index is 2.18. The van der Waals surface area contributed by atoms with E-state index in [4.69, 9.17) is 4.52 Å². The van der Waals surface area contributed by atoms with E-state index in [0.29, 0.717) is 22.8 Å². The summed E-state index contributed by atoms with van der Waals surface area (Å²) in [6, 6.07) is 6.72. The molecular weight excluding hydrogens is 299 g/mol. The number of halogens is 2. The third-order valence-corrected chi connectivity index (χ3v) is 3.10. The minimum Gasteiger partial charge on any atom is -0.356 e. The molecule has 0 aliphatic heterocycles. The van der Waals surface area contributed by atoms with Crippen molar-refractivity contribution in [2.45, 2.75) is 26.4 Å². The van der Waals surface area contributed by atoms with Gasteiger partial charge in [0.2, 0.25) is 0 Å². The Labute approximate surface area is 113 Å². The van der Waals surface area contributed by atoms with Crippen LogP contribution in [0.5, 0.6) is 0 Å². The number of hydrogen-bond donors (Lipinski definition) is 1. The second-order valence-electron chi connectivity index (χ2n) is 4.34. The normalized spacial score (nSPS) is 11.2. The molecule has 1 N–H and O–H groups in total. The first-order chi connectivity index (χ1) is 8.56. The van der Waals surface area contributed by atoms with Crippen molar-refractivity contribution in [2.75, 3.05) is 0 Å². The van der Waals surface area contributed by atoms with Gasteiger partial charge < -0.3 is 9.84 Å². The van der Waals surface area contributed by atoms with Crippen molar-refractivity contribution in [2.24, 2.45) is 0 Å². The molecular formula is C13H14BrFN2O. The third kappa shape index (κ3) is 3.17. The van der Waals surface area contributed by atoms with Crippen molar-refractivity contribution in [3.8, 4) is 11.3 Å². The Morgan fingerprint density at radius 1 is 1.39 bits per heavy atom. The highest BCUT2D eigenvalue weighted by atomic mass is 79.9. The standard InChI is InChI=1S/C13H14BrFN2O/c1-8(2)16-7-10-6-13(18-17-10)11-4-3-9(15)5-12(11)14/h3-6,8,16H,7H2,1-2H3. The molecule has 0 saturated carbocycles. The van der Waals surface area contributed by atoms with E-state index in [9.17, 15) is 4.39 Å². The van der Waals surface area contributed by atoms with E-state index in [1.54, 1.807) is 6.07 Å². The van der Waals surface area contributed by atoms with Crippen LogP contribution < -0.4 is 5.32 Å². The SMILES string of the molecule is CC(C)NCc1cc(-c2ccc(F)cc2Br)on1. The van der Waals surface area contributed by atoms with Gasteiger partial charge in [0.15, 0.2) is 5.76 Å². The fourth-order valence-electron chi connectivity index (χ4n) is 1.52. The summed E-state index contributed by atoms with van der Waals surface area (Å²) < 4.78 is 18.9. The Morgan fingerprint density at radius 2 is 2.17 bits per heavy atom. The molecule has 0 bridgehead atoms. The molecule has 0 radical (unpaired) electrons. The van der Waals surface area contributed by atoms with Crippen molar-refractivity contribution in [3.05, 3.63) is 40.2 Å². The van der Waals surface area contributed by atoms with Gasteiger partial charge in [0.1, 0.15) is 5.82 Å². The Morgan fingerprint density at radius 3 is 2.83 bits per heavy atom. The van der Waals surface area contributed by atoms with Gasteiger partial charge >= 0.3 is 0 Å². The van der Waals surface area contributed by atoms with Gasteiger partial charge in [0.25, 0.3) is 0 Å². The molecule has 0 aliphatic rings. The topological polar surface area (TPSA) is 38.1 Å². The summed E-state index contributed by atoms with van der Waals surface area (Å²) in [5.74, 6) is 0.342. The molecule has 2 aromatic rings. The molecule has 0 unspecified atom stereocenters. The zero-order chi connectivity index (χ0) is 13.1. The fraction of sp³-hybridized carbons (Fsp3) is 0.308.